The SMILES string of the molecule is Cc1ccc(CN2C(=O)[C@H]3CCCC[C@@H]3C2=O)cc1S(=O)(=O)NCCC(C)C. The summed E-state index contributed by atoms with van der Waals surface area (Å²) in [5.74, 6) is -0.171. The molecule has 0 bridgehead atoms. The highest BCUT2D eigenvalue weighted by molar-refractivity contribution is 7.89. The van der Waals surface area contributed by atoms with Gasteiger partial charge in [-0.3, -0.25) is 14.5 Å². The third kappa shape index (κ3) is 4.30. The molecule has 1 aliphatic carbocycles. The van der Waals surface area contributed by atoms with Crippen LogP contribution in [0.5, 0.6) is 0 Å². The number of hydrogen-bond donors (Lipinski definition) is 1. The fraction of sp³-hybridized carbons (Fsp3) is 0.619. The summed E-state index contributed by atoms with van der Waals surface area (Å²) < 4.78 is 28.0. The topological polar surface area (TPSA) is 83.6 Å². The smallest absolute Gasteiger partial charge is 0.240 e. The standard InChI is InChI=1S/C21H30N2O4S/c1-14(2)10-11-22-28(26,27)19-12-16(9-8-15(19)3)13-23-20(24)17-6-4-5-7-18(17)21(23)25/h8-9,12,14,17-18,22H,4-7,10-11,13H2,1-3H3/t17-,18-/m0/s1. The van der Waals surface area contributed by atoms with Crippen LogP contribution in [0.4, 0.5) is 0 Å². The zero-order valence-corrected chi connectivity index (χ0v) is 17.7. The zero-order valence-electron chi connectivity index (χ0n) is 16.9. The van der Waals surface area contributed by atoms with Crippen LogP contribution in [0.15, 0.2) is 23.1 Å². The Kier molecular flexibility index (Phi) is 6.25. The predicted molar refractivity (Wildman–Crippen MR) is 107 cm³/mol. The Labute approximate surface area is 167 Å². The second-order valence-electron chi connectivity index (χ2n) is 8.44. The molecule has 2 atom stereocenters. The van der Waals surface area contributed by atoms with E-state index in [0.717, 1.165) is 32.1 Å². The van der Waals surface area contributed by atoms with Gasteiger partial charge in [0.1, 0.15) is 0 Å². The van der Waals surface area contributed by atoms with Crippen LogP contribution < -0.4 is 4.72 Å². The van der Waals surface area contributed by atoms with Crippen molar-refractivity contribution in [2.75, 3.05) is 6.54 Å². The quantitative estimate of drug-likeness (QED) is 0.706. The van der Waals surface area contributed by atoms with Crippen LogP contribution in [0.25, 0.3) is 0 Å². The Bertz CT molecular complexity index is 839. The predicted octanol–water partition coefficient (Wildman–Crippen LogP) is 2.99. The summed E-state index contributed by atoms with van der Waals surface area (Å²) in [7, 11) is -3.63. The third-order valence-electron chi connectivity index (χ3n) is 5.83. The molecule has 3 rings (SSSR count). The van der Waals surface area contributed by atoms with Crippen molar-refractivity contribution in [3.05, 3.63) is 29.3 Å². The van der Waals surface area contributed by atoms with E-state index in [4.69, 9.17) is 0 Å². The molecule has 0 radical (unpaired) electrons. The monoisotopic (exact) mass is 406 g/mol. The Morgan fingerprint density at radius 1 is 1.11 bits per heavy atom. The van der Waals surface area contributed by atoms with E-state index >= 15 is 0 Å². The molecule has 1 N–H and O–H groups in total. The molecule has 1 saturated heterocycles. The van der Waals surface area contributed by atoms with Crippen molar-refractivity contribution in [1.29, 1.82) is 0 Å². The van der Waals surface area contributed by atoms with Gasteiger partial charge < -0.3 is 0 Å². The minimum atomic E-state index is -3.63. The van der Waals surface area contributed by atoms with Gasteiger partial charge in [-0.15, -0.1) is 0 Å². The lowest BCUT2D eigenvalue weighted by molar-refractivity contribution is -0.140. The average molecular weight is 407 g/mol. The van der Waals surface area contributed by atoms with Gasteiger partial charge in [0.05, 0.1) is 23.3 Å². The van der Waals surface area contributed by atoms with Gasteiger partial charge in [-0.2, -0.15) is 0 Å². The van der Waals surface area contributed by atoms with Crippen LogP contribution in [-0.4, -0.2) is 31.7 Å². The van der Waals surface area contributed by atoms with E-state index in [1.54, 1.807) is 25.1 Å². The molecule has 0 aromatic heterocycles. The summed E-state index contributed by atoms with van der Waals surface area (Å²) in [6.45, 7) is 6.36. The van der Waals surface area contributed by atoms with Crippen molar-refractivity contribution in [3.63, 3.8) is 0 Å². The number of aryl methyl sites for hydroxylation is 1. The molecule has 28 heavy (non-hydrogen) atoms. The first-order chi connectivity index (χ1) is 13.2. The van der Waals surface area contributed by atoms with E-state index in [2.05, 4.69) is 4.72 Å². The number of carbonyl (C=O) groups is 2. The molecule has 2 fully saturated rings. The van der Waals surface area contributed by atoms with E-state index < -0.39 is 10.0 Å². The highest BCUT2D eigenvalue weighted by Crippen LogP contribution is 2.38. The molecule has 0 spiro atoms. The molecule has 6 nitrogen and oxygen atoms in total. The number of fused-ring (bicyclic) bond motifs is 1. The summed E-state index contributed by atoms with van der Waals surface area (Å²) in [6, 6.07) is 5.13. The summed E-state index contributed by atoms with van der Waals surface area (Å²) in [4.78, 5) is 26.9. The molecule has 154 valence electrons. The van der Waals surface area contributed by atoms with Crippen LogP contribution in [0, 0.1) is 24.7 Å². The molecule has 2 aliphatic rings. The highest BCUT2D eigenvalue weighted by Gasteiger charge is 2.47. The van der Waals surface area contributed by atoms with E-state index in [0.29, 0.717) is 23.6 Å². The number of benzene rings is 1. The van der Waals surface area contributed by atoms with Gasteiger partial charge in [-0.1, -0.05) is 38.8 Å². The number of nitrogens with one attached hydrogen (secondary N) is 1. The summed E-state index contributed by atoms with van der Waals surface area (Å²) in [6.07, 6.45) is 4.29. The van der Waals surface area contributed by atoms with E-state index in [9.17, 15) is 18.0 Å². The molecular weight excluding hydrogens is 376 g/mol. The van der Waals surface area contributed by atoms with Gasteiger partial charge in [0.25, 0.3) is 0 Å². The zero-order chi connectivity index (χ0) is 20.5. The van der Waals surface area contributed by atoms with Crippen LogP contribution in [0.2, 0.25) is 0 Å². The largest absolute Gasteiger partial charge is 0.278 e. The Morgan fingerprint density at radius 2 is 1.71 bits per heavy atom. The molecule has 1 aromatic rings. The molecule has 1 aromatic carbocycles. The van der Waals surface area contributed by atoms with Crippen molar-refractivity contribution in [2.24, 2.45) is 17.8 Å². The van der Waals surface area contributed by atoms with Crippen LogP contribution in [-0.2, 0) is 26.2 Å². The molecule has 7 heteroatoms. The summed E-state index contributed by atoms with van der Waals surface area (Å²) in [5.41, 5.74) is 1.31. The van der Waals surface area contributed by atoms with Crippen molar-refractivity contribution in [3.8, 4) is 0 Å². The molecule has 1 saturated carbocycles. The molecule has 1 aliphatic heterocycles. The summed E-state index contributed by atoms with van der Waals surface area (Å²) >= 11 is 0. The fourth-order valence-corrected chi connectivity index (χ4v) is 5.50. The van der Waals surface area contributed by atoms with E-state index in [1.165, 1.54) is 4.90 Å². The number of imide groups is 1. The van der Waals surface area contributed by atoms with Crippen molar-refractivity contribution >= 4 is 21.8 Å². The first kappa shape index (κ1) is 21.0. The lowest BCUT2D eigenvalue weighted by Crippen LogP contribution is -2.31. The van der Waals surface area contributed by atoms with Crippen LogP contribution in [0.1, 0.15) is 57.1 Å². The van der Waals surface area contributed by atoms with Crippen molar-refractivity contribution < 1.29 is 18.0 Å². The van der Waals surface area contributed by atoms with Gasteiger partial charge in [0.15, 0.2) is 0 Å². The maximum Gasteiger partial charge on any atom is 0.240 e. The maximum atomic E-state index is 12.7. The van der Waals surface area contributed by atoms with Crippen LogP contribution in [0.3, 0.4) is 0 Å². The number of rotatable bonds is 7. The molecule has 2 amide bonds. The van der Waals surface area contributed by atoms with Crippen molar-refractivity contribution in [2.45, 2.75) is 64.3 Å². The molecule has 1 heterocycles. The van der Waals surface area contributed by atoms with Gasteiger partial charge in [0.2, 0.25) is 21.8 Å². The number of hydrogen-bond acceptors (Lipinski definition) is 4. The normalized spacial score (nSPS) is 22.8. The number of likely N-dealkylation sites (tertiary alicyclic amines) is 1. The Morgan fingerprint density at radius 3 is 2.29 bits per heavy atom. The molecule has 0 unspecified atom stereocenters. The van der Waals surface area contributed by atoms with E-state index in [-0.39, 0.29) is 35.1 Å². The number of nitrogens with zero attached hydrogens (tertiary/aromatic N) is 1. The number of amides is 2. The minimum Gasteiger partial charge on any atom is -0.278 e. The fourth-order valence-electron chi connectivity index (χ4n) is 4.16. The number of sulfonamides is 1. The lowest BCUT2D eigenvalue weighted by Gasteiger charge is -2.19. The third-order valence-corrected chi connectivity index (χ3v) is 7.43. The molecular formula is C21H30N2O4S. The first-order valence-electron chi connectivity index (χ1n) is 10.1. The Balaban J connectivity index is 1.78. The minimum absolute atomic E-state index is 0.102. The highest BCUT2D eigenvalue weighted by atomic mass is 32.2. The second kappa shape index (κ2) is 8.33. The van der Waals surface area contributed by atoms with Gasteiger partial charge in [0, 0.05) is 6.54 Å². The number of carbonyl (C=O) groups excluding carboxylic acids is 2. The first-order valence-corrected chi connectivity index (χ1v) is 11.6. The van der Waals surface area contributed by atoms with Crippen LogP contribution >= 0.6 is 0 Å². The Hall–Kier alpha value is -1.73. The second-order valence-corrected chi connectivity index (χ2v) is 10.2. The van der Waals surface area contributed by atoms with Gasteiger partial charge in [-0.05, 0) is 49.3 Å². The van der Waals surface area contributed by atoms with E-state index in [1.807, 2.05) is 13.8 Å². The average Bonchev–Trinajstić information content (AvgIpc) is 2.88. The van der Waals surface area contributed by atoms with Gasteiger partial charge >= 0.3 is 0 Å². The summed E-state index contributed by atoms with van der Waals surface area (Å²) in [5, 5.41) is 0. The van der Waals surface area contributed by atoms with Crippen molar-refractivity contribution in [1.82, 2.24) is 9.62 Å². The maximum absolute atomic E-state index is 12.7. The lowest BCUT2D eigenvalue weighted by atomic mass is 9.81. The van der Waals surface area contributed by atoms with Gasteiger partial charge in [-0.25, -0.2) is 13.1 Å².